The van der Waals surface area contributed by atoms with E-state index in [9.17, 15) is 41.2 Å². The van der Waals surface area contributed by atoms with Crippen LogP contribution in [0.5, 0.6) is 5.75 Å². The molecule has 13 heteroatoms. The highest BCUT2D eigenvalue weighted by atomic mass is 19.4. The number of nitriles is 1. The van der Waals surface area contributed by atoms with Gasteiger partial charge in [0.2, 0.25) is 11.8 Å². The van der Waals surface area contributed by atoms with E-state index in [0.717, 1.165) is 17.7 Å². The van der Waals surface area contributed by atoms with Gasteiger partial charge in [-0.05, 0) is 61.1 Å². The third-order valence-corrected chi connectivity index (χ3v) is 7.15. The van der Waals surface area contributed by atoms with Gasteiger partial charge < -0.3 is 15.4 Å². The van der Waals surface area contributed by atoms with Gasteiger partial charge in [0.1, 0.15) is 11.2 Å². The first-order chi connectivity index (χ1) is 19.9. The summed E-state index contributed by atoms with van der Waals surface area (Å²) in [7, 11) is 0. The van der Waals surface area contributed by atoms with Crippen molar-refractivity contribution in [1.82, 2.24) is 15.6 Å². The number of pyridine rings is 1. The number of halogens is 6. The van der Waals surface area contributed by atoms with Gasteiger partial charge in [-0.3, -0.25) is 14.6 Å². The summed E-state index contributed by atoms with van der Waals surface area (Å²) in [4.78, 5) is 30.3. The Balaban J connectivity index is 2.02. The molecule has 0 fully saturated rings. The zero-order chi connectivity index (χ0) is 32.2. The quantitative estimate of drug-likeness (QED) is 0.242. The van der Waals surface area contributed by atoms with Gasteiger partial charge in [-0.25, -0.2) is 0 Å². The molecule has 0 saturated carbocycles. The molecule has 0 saturated heterocycles. The normalized spacial score (nSPS) is 17.9. The first-order valence-electron chi connectivity index (χ1n) is 13.5. The standard InChI is InChI=1S/C30H32F6N4O3/c1-18(2)19-6-11-24(38-15-19)22-14-28(30(34,35)36,40-25(41)23(22)16-39-26(42)27(3,4)17-37)20-7-9-21(10-8-20)43-13-5-12-29(31,32)33/h6-11,15,18H,5,12-14,16H2,1-4H3,(H,39,42)(H,40,41)/t28-/m0/s1. The highest BCUT2D eigenvalue weighted by Gasteiger charge is 2.59. The predicted octanol–water partition coefficient (Wildman–Crippen LogP) is 6.32. The zero-order valence-electron chi connectivity index (χ0n) is 24.0. The molecule has 0 aliphatic carbocycles. The summed E-state index contributed by atoms with van der Waals surface area (Å²) in [5.41, 5.74) is -3.93. The fraction of sp³-hybridized carbons (Fsp3) is 0.467. The average Bonchev–Trinajstić information content (AvgIpc) is 2.93. The highest BCUT2D eigenvalue weighted by molar-refractivity contribution is 6.04. The van der Waals surface area contributed by atoms with Gasteiger partial charge in [-0.1, -0.05) is 32.0 Å². The Hall–Kier alpha value is -4.08. The molecular formula is C30H32F6N4O3. The molecule has 1 aliphatic rings. The number of hydrogen-bond donors (Lipinski definition) is 2. The molecule has 1 atom stereocenters. The van der Waals surface area contributed by atoms with Crippen LogP contribution < -0.4 is 15.4 Å². The molecule has 2 N–H and O–H groups in total. The van der Waals surface area contributed by atoms with Gasteiger partial charge in [0.15, 0.2) is 5.54 Å². The first-order valence-corrected chi connectivity index (χ1v) is 13.5. The lowest BCUT2D eigenvalue weighted by Gasteiger charge is -2.41. The van der Waals surface area contributed by atoms with Crippen LogP contribution in [0.15, 0.2) is 48.2 Å². The van der Waals surface area contributed by atoms with Crippen LogP contribution in [-0.4, -0.2) is 42.3 Å². The number of rotatable bonds is 10. The number of amides is 2. The minimum atomic E-state index is -5.00. The second kappa shape index (κ2) is 12.7. The van der Waals surface area contributed by atoms with Crippen LogP contribution in [0.1, 0.15) is 69.7 Å². The molecular weight excluding hydrogens is 578 g/mol. The maximum absolute atomic E-state index is 14.9. The van der Waals surface area contributed by atoms with E-state index in [1.165, 1.54) is 38.2 Å². The molecule has 2 heterocycles. The minimum absolute atomic E-state index is 0.0427. The average molecular weight is 611 g/mol. The first kappa shape index (κ1) is 33.4. The van der Waals surface area contributed by atoms with Gasteiger partial charge in [-0.15, -0.1) is 0 Å². The van der Waals surface area contributed by atoms with Gasteiger partial charge in [-0.2, -0.15) is 31.6 Å². The van der Waals surface area contributed by atoms with Crippen molar-refractivity contribution in [2.45, 2.75) is 70.8 Å². The molecule has 0 bridgehead atoms. The van der Waals surface area contributed by atoms with Crippen LogP contribution in [0.3, 0.4) is 0 Å². The fourth-order valence-corrected chi connectivity index (χ4v) is 4.43. The van der Waals surface area contributed by atoms with Gasteiger partial charge in [0.25, 0.3) is 0 Å². The number of aromatic nitrogens is 1. The molecule has 7 nitrogen and oxygen atoms in total. The van der Waals surface area contributed by atoms with Crippen molar-refractivity contribution in [3.05, 3.63) is 65.0 Å². The van der Waals surface area contributed by atoms with Crippen molar-refractivity contribution >= 4 is 17.4 Å². The van der Waals surface area contributed by atoms with E-state index in [1.54, 1.807) is 6.07 Å². The topological polar surface area (TPSA) is 104 Å². The van der Waals surface area contributed by atoms with Crippen molar-refractivity contribution in [3.63, 3.8) is 0 Å². The van der Waals surface area contributed by atoms with E-state index in [1.807, 2.05) is 19.9 Å². The summed E-state index contributed by atoms with van der Waals surface area (Å²) in [6.07, 6.45) is -10.0. The molecule has 2 aromatic rings. The van der Waals surface area contributed by atoms with Crippen LogP contribution >= 0.6 is 0 Å². The van der Waals surface area contributed by atoms with Crippen molar-refractivity contribution in [2.24, 2.45) is 5.41 Å². The summed E-state index contributed by atoms with van der Waals surface area (Å²) >= 11 is 0. The molecule has 2 amide bonds. The Bertz CT molecular complexity index is 1390. The van der Waals surface area contributed by atoms with Gasteiger partial charge in [0.05, 0.1) is 18.4 Å². The van der Waals surface area contributed by atoms with Crippen LogP contribution in [0, 0.1) is 16.7 Å². The van der Waals surface area contributed by atoms with E-state index in [0.29, 0.717) is 0 Å². The number of nitrogens with one attached hydrogen (secondary N) is 2. The molecule has 0 unspecified atom stereocenters. The Kier molecular flexibility index (Phi) is 9.83. The minimum Gasteiger partial charge on any atom is -0.494 e. The lowest BCUT2D eigenvalue weighted by atomic mass is 9.77. The molecule has 43 heavy (non-hydrogen) atoms. The summed E-state index contributed by atoms with van der Waals surface area (Å²) < 4.78 is 87.2. The molecule has 1 aliphatic heterocycles. The molecule has 0 radical (unpaired) electrons. The van der Waals surface area contributed by atoms with Crippen LogP contribution in [0.2, 0.25) is 0 Å². The third-order valence-electron chi connectivity index (χ3n) is 7.15. The fourth-order valence-electron chi connectivity index (χ4n) is 4.43. The molecule has 1 aromatic carbocycles. The van der Waals surface area contributed by atoms with Crippen LogP contribution in [-0.2, 0) is 15.1 Å². The van der Waals surface area contributed by atoms with E-state index in [-0.39, 0.29) is 47.1 Å². The molecule has 232 valence electrons. The Morgan fingerprint density at radius 3 is 2.28 bits per heavy atom. The van der Waals surface area contributed by atoms with E-state index >= 15 is 0 Å². The lowest BCUT2D eigenvalue weighted by Crippen LogP contribution is -2.59. The Morgan fingerprint density at radius 1 is 1.12 bits per heavy atom. The highest BCUT2D eigenvalue weighted by Crippen LogP contribution is 2.48. The van der Waals surface area contributed by atoms with Crippen LogP contribution in [0.4, 0.5) is 26.3 Å². The van der Waals surface area contributed by atoms with Crippen molar-refractivity contribution in [3.8, 4) is 11.8 Å². The van der Waals surface area contributed by atoms with Crippen LogP contribution in [0.25, 0.3) is 5.57 Å². The maximum atomic E-state index is 14.9. The predicted molar refractivity (Wildman–Crippen MR) is 145 cm³/mol. The number of carbonyl (C=O) groups excluding carboxylic acids is 2. The summed E-state index contributed by atoms with van der Waals surface area (Å²) in [6.45, 7) is 5.83. The maximum Gasteiger partial charge on any atom is 0.416 e. The van der Waals surface area contributed by atoms with Crippen molar-refractivity contribution in [1.29, 1.82) is 5.26 Å². The third kappa shape index (κ3) is 7.86. The molecule has 0 spiro atoms. The number of alkyl halides is 6. The molecule has 1 aromatic heterocycles. The number of nitrogens with zero attached hydrogens (tertiary/aromatic N) is 2. The summed E-state index contributed by atoms with van der Waals surface area (Å²) in [6, 6.07) is 9.63. The summed E-state index contributed by atoms with van der Waals surface area (Å²) in [5, 5.41) is 13.8. The monoisotopic (exact) mass is 610 g/mol. The van der Waals surface area contributed by atoms with E-state index in [4.69, 9.17) is 4.74 Å². The van der Waals surface area contributed by atoms with E-state index < -0.39 is 54.5 Å². The van der Waals surface area contributed by atoms with Crippen molar-refractivity contribution < 1.29 is 40.7 Å². The second-order valence-corrected chi connectivity index (χ2v) is 11.1. The Morgan fingerprint density at radius 2 is 1.77 bits per heavy atom. The summed E-state index contributed by atoms with van der Waals surface area (Å²) in [5.74, 6) is -1.65. The van der Waals surface area contributed by atoms with Gasteiger partial charge >= 0.3 is 12.4 Å². The zero-order valence-corrected chi connectivity index (χ0v) is 24.0. The second-order valence-electron chi connectivity index (χ2n) is 11.1. The lowest BCUT2D eigenvalue weighted by molar-refractivity contribution is -0.201. The Labute approximate surface area is 245 Å². The number of carbonyl (C=O) groups is 2. The number of hydrogen-bond acceptors (Lipinski definition) is 5. The largest absolute Gasteiger partial charge is 0.494 e. The molecule has 3 rings (SSSR count). The smallest absolute Gasteiger partial charge is 0.416 e. The van der Waals surface area contributed by atoms with Crippen molar-refractivity contribution in [2.75, 3.05) is 13.2 Å². The number of ether oxygens (including phenoxy) is 1. The number of benzene rings is 1. The van der Waals surface area contributed by atoms with E-state index in [2.05, 4.69) is 15.6 Å². The SMILES string of the molecule is CC(C)c1ccc(C2=C(CNC(=O)C(C)(C)C#N)C(=O)N[C@@](c3ccc(OCCCC(F)(F)F)cc3)(C(F)(F)F)C2)nc1. The van der Waals surface area contributed by atoms with Gasteiger partial charge in [0, 0.05) is 31.2 Å².